The lowest BCUT2D eigenvalue weighted by Crippen LogP contribution is -2.14. The zero-order valence-corrected chi connectivity index (χ0v) is 13.1. The molecule has 0 aliphatic heterocycles. The van der Waals surface area contributed by atoms with Crippen LogP contribution in [-0.4, -0.2) is 23.3 Å². The molecule has 2 aromatic carbocycles. The monoisotopic (exact) mass is 335 g/mol. The van der Waals surface area contributed by atoms with Crippen LogP contribution in [0.4, 0.5) is 10.1 Å². The third-order valence-corrected chi connectivity index (χ3v) is 4.06. The summed E-state index contributed by atoms with van der Waals surface area (Å²) in [6.45, 7) is 0. The van der Waals surface area contributed by atoms with Gasteiger partial charge in [-0.1, -0.05) is 12.1 Å². The number of hydrogen-bond acceptors (Lipinski definition) is 5. The van der Waals surface area contributed by atoms with Gasteiger partial charge in [0.05, 0.1) is 12.0 Å². The summed E-state index contributed by atoms with van der Waals surface area (Å²) in [5.74, 6) is 0.657. The number of halogens is 1. The molecule has 0 saturated carbocycles. The number of carbonyl (C=O) groups is 1. The van der Waals surface area contributed by atoms with Gasteiger partial charge in [-0.15, -0.1) is 0 Å². The van der Waals surface area contributed by atoms with E-state index in [4.69, 9.17) is 4.74 Å². The third kappa shape index (κ3) is 4.79. The van der Waals surface area contributed by atoms with Crippen molar-refractivity contribution in [3.05, 3.63) is 64.2 Å². The molecule has 120 valence electrons. The minimum atomic E-state index is -1.68. The largest absolute Gasteiger partial charge is 0.497 e. The molecule has 0 aromatic heterocycles. The number of methoxy groups -OCH3 is 1. The van der Waals surface area contributed by atoms with Crippen LogP contribution < -0.4 is 4.74 Å². The molecule has 0 aliphatic rings. The number of ether oxygens (including phenoxy) is 1. The Morgan fingerprint density at radius 3 is 2.35 bits per heavy atom. The van der Waals surface area contributed by atoms with Crippen LogP contribution >= 0.6 is 11.8 Å². The Labute approximate surface area is 136 Å². The molecular formula is C16H14FNO4S. The smallest absolute Gasteiger partial charge is 0.269 e. The van der Waals surface area contributed by atoms with E-state index in [1.165, 1.54) is 31.4 Å². The second kappa shape index (κ2) is 7.73. The molecule has 2 aromatic rings. The number of rotatable bonds is 6. The van der Waals surface area contributed by atoms with E-state index in [0.29, 0.717) is 16.2 Å². The number of benzene rings is 2. The van der Waals surface area contributed by atoms with Gasteiger partial charge in [-0.25, -0.2) is 4.39 Å². The highest BCUT2D eigenvalue weighted by atomic mass is 32.2. The highest BCUT2D eigenvalue weighted by Gasteiger charge is 2.19. The minimum Gasteiger partial charge on any atom is -0.497 e. The highest BCUT2D eigenvalue weighted by Crippen LogP contribution is 2.25. The number of nitro groups is 1. The summed E-state index contributed by atoms with van der Waals surface area (Å²) in [5, 5.41) is 9.95. The molecule has 0 bridgehead atoms. The van der Waals surface area contributed by atoms with Crippen LogP contribution in [0.5, 0.6) is 5.75 Å². The first-order chi connectivity index (χ1) is 11.0. The van der Waals surface area contributed by atoms with E-state index in [-0.39, 0.29) is 12.1 Å². The molecular weight excluding hydrogens is 321 g/mol. The van der Waals surface area contributed by atoms with Gasteiger partial charge in [-0.3, -0.25) is 14.9 Å². The lowest BCUT2D eigenvalue weighted by atomic mass is 10.1. The van der Waals surface area contributed by atoms with Gasteiger partial charge < -0.3 is 4.74 Å². The van der Waals surface area contributed by atoms with Crippen LogP contribution in [-0.2, 0) is 11.2 Å². The molecule has 5 nitrogen and oxygen atoms in total. The Morgan fingerprint density at radius 2 is 1.83 bits per heavy atom. The van der Waals surface area contributed by atoms with E-state index in [2.05, 4.69) is 0 Å². The fourth-order valence-corrected chi connectivity index (χ4v) is 2.58. The lowest BCUT2D eigenvalue weighted by Gasteiger charge is -2.07. The second-order valence-corrected chi connectivity index (χ2v) is 5.77. The molecule has 0 spiro atoms. The van der Waals surface area contributed by atoms with Crippen molar-refractivity contribution in [2.45, 2.75) is 17.5 Å². The fourth-order valence-electron chi connectivity index (χ4n) is 1.87. The highest BCUT2D eigenvalue weighted by molar-refractivity contribution is 8.13. The van der Waals surface area contributed by atoms with Gasteiger partial charge in [0.1, 0.15) is 5.75 Å². The molecule has 0 saturated heterocycles. The summed E-state index contributed by atoms with van der Waals surface area (Å²) in [7, 11) is 1.54. The Balaban J connectivity index is 1.94. The van der Waals surface area contributed by atoms with E-state index in [9.17, 15) is 19.3 Å². The van der Waals surface area contributed by atoms with Crippen LogP contribution in [0.2, 0.25) is 0 Å². The first-order valence-electron chi connectivity index (χ1n) is 6.72. The summed E-state index contributed by atoms with van der Waals surface area (Å²) in [6.07, 6.45) is -1.79. The van der Waals surface area contributed by atoms with Gasteiger partial charge in [-0.05, 0) is 41.6 Å². The van der Waals surface area contributed by atoms with Crippen molar-refractivity contribution in [3.63, 3.8) is 0 Å². The molecule has 7 heteroatoms. The van der Waals surface area contributed by atoms with Crippen molar-refractivity contribution in [2.75, 3.05) is 7.11 Å². The number of alkyl halides is 1. The van der Waals surface area contributed by atoms with Gasteiger partial charge in [0.2, 0.25) is 5.12 Å². The second-order valence-electron chi connectivity index (χ2n) is 4.69. The number of hydrogen-bond donors (Lipinski definition) is 0. The van der Waals surface area contributed by atoms with Crippen LogP contribution in [0, 0.1) is 10.1 Å². The third-order valence-electron chi connectivity index (χ3n) is 3.10. The molecule has 0 fully saturated rings. The van der Waals surface area contributed by atoms with Crippen molar-refractivity contribution < 1.29 is 18.8 Å². The molecule has 0 heterocycles. The Hall–Kier alpha value is -2.41. The standard InChI is InChI=1S/C16H14FNO4S/c1-22-13-6-8-14(9-7-13)23-16(19)15(17)10-11-2-4-12(5-3-11)18(20)21/h2-9,15H,10H2,1H3. The summed E-state index contributed by atoms with van der Waals surface area (Å²) in [4.78, 5) is 22.6. The van der Waals surface area contributed by atoms with E-state index in [1.54, 1.807) is 24.3 Å². The zero-order chi connectivity index (χ0) is 16.8. The van der Waals surface area contributed by atoms with Crippen molar-refractivity contribution in [1.29, 1.82) is 0 Å². The van der Waals surface area contributed by atoms with Crippen molar-refractivity contribution in [3.8, 4) is 5.75 Å². The maximum atomic E-state index is 14.0. The van der Waals surface area contributed by atoms with Gasteiger partial charge in [0, 0.05) is 23.4 Å². The molecule has 23 heavy (non-hydrogen) atoms. The molecule has 0 radical (unpaired) electrons. The van der Waals surface area contributed by atoms with Crippen molar-refractivity contribution >= 4 is 22.6 Å². The van der Waals surface area contributed by atoms with Crippen LogP contribution in [0.15, 0.2) is 53.4 Å². The number of nitrogens with zero attached hydrogens (tertiary/aromatic N) is 1. The Bertz CT molecular complexity index is 688. The van der Waals surface area contributed by atoms with Gasteiger partial charge in [-0.2, -0.15) is 0 Å². The number of carbonyl (C=O) groups excluding carboxylic acids is 1. The number of non-ortho nitro benzene ring substituents is 1. The van der Waals surface area contributed by atoms with Gasteiger partial charge in [0.25, 0.3) is 5.69 Å². The predicted molar refractivity (Wildman–Crippen MR) is 85.6 cm³/mol. The topological polar surface area (TPSA) is 69.4 Å². The van der Waals surface area contributed by atoms with E-state index < -0.39 is 16.2 Å². The van der Waals surface area contributed by atoms with Crippen molar-refractivity contribution in [1.82, 2.24) is 0 Å². The summed E-state index contributed by atoms with van der Waals surface area (Å²) < 4.78 is 19.1. The van der Waals surface area contributed by atoms with Crippen molar-refractivity contribution in [2.24, 2.45) is 0 Å². The Morgan fingerprint density at radius 1 is 1.22 bits per heavy atom. The lowest BCUT2D eigenvalue weighted by molar-refractivity contribution is -0.384. The molecule has 1 unspecified atom stereocenters. The summed E-state index contributed by atoms with van der Waals surface area (Å²) in [5.41, 5.74) is 0.467. The zero-order valence-electron chi connectivity index (χ0n) is 12.3. The maximum Gasteiger partial charge on any atom is 0.269 e. The minimum absolute atomic E-state index is 0.0666. The molecule has 1 atom stereocenters. The molecule has 0 aliphatic carbocycles. The average molecular weight is 335 g/mol. The van der Waals surface area contributed by atoms with Crippen LogP contribution in [0.3, 0.4) is 0 Å². The first-order valence-corrected chi connectivity index (χ1v) is 7.54. The summed E-state index contributed by atoms with van der Waals surface area (Å²) in [6, 6.07) is 12.2. The van der Waals surface area contributed by atoms with E-state index in [1.807, 2.05) is 0 Å². The fraction of sp³-hybridized carbons (Fsp3) is 0.188. The van der Waals surface area contributed by atoms with E-state index in [0.717, 1.165) is 11.8 Å². The molecule has 2 rings (SSSR count). The number of nitro benzene ring substituents is 1. The molecule has 0 amide bonds. The average Bonchev–Trinajstić information content (AvgIpc) is 2.56. The van der Waals surface area contributed by atoms with Crippen LogP contribution in [0.25, 0.3) is 0 Å². The maximum absolute atomic E-state index is 14.0. The van der Waals surface area contributed by atoms with E-state index >= 15 is 0 Å². The summed E-state index contributed by atoms with van der Waals surface area (Å²) >= 11 is 0.820. The first kappa shape index (κ1) is 17.0. The van der Waals surface area contributed by atoms with Gasteiger partial charge in [0.15, 0.2) is 6.17 Å². The van der Waals surface area contributed by atoms with Gasteiger partial charge >= 0.3 is 0 Å². The Kier molecular flexibility index (Phi) is 5.70. The van der Waals surface area contributed by atoms with Crippen LogP contribution in [0.1, 0.15) is 5.56 Å². The quantitative estimate of drug-likeness (QED) is 0.456. The SMILES string of the molecule is COc1ccc(SC(=O)C(F)Cc2ccc([N+](=O)[O-])cc2)cc1. The molecule has 0 N–H and O–H groups in total. The number of thioether (sulfide) groups is 1. The normalized spacial score (nSPS) is 11.7. The predicted octanol–water partition coefficient (Wildman–Crippen LogP) is 3.80.